The Labute approximate surface area is 218 Å². The largest absolute Gasteiger partial charge is 0.326 e. The number of anilines is 1. The number of hydrogen-bond donors (Lipinski definition) is 0. The lowest BCUT2D eigenvalue weighted by molar-refractivity contribution is -0.119. The summed E-state index contributed by atoms with van der Waals surface area (Å²) in [6, 6.07) is 28.1. The van der Waals surface area contributed by atoms with Gasteiger partial charge in [0.2, 0.25) is 5.91 Å². The highest BCUT2D eigenvalue weighted by Crippen LogP contribution is 2.42. The molecule has 0 saturated heterocycles. The second-order valence-electron chi connectivity index (χ2n) is 10.1. The molecule has 0 spiro atoms. The minimum Gasteiger partial charge on any atom is -0.326 e. The summed E-state index contributed by atoms with van der Waals surface area (Å²) < 4.78 is 2.17. The van der Waals surface area contributed by atoms with Crippen molar-refractivity contribution < 1.29 is 9.59 Å². The third kappa shape index (κ3) is 4.25. The quantitative estimate of drug-likeness (QED) is 0.329. The van der Waals surface area contributed by atoms with E-state index in [9.17, 15) is 9.59 Å². The fourth-order valence-corrected chi connectivity index (χ4v) is 5.35. The molecular formula is C32H31N3O2. The molecule has 1 aromatic heterocycles. The number of nitrogens with zero attached hydrogens (tertiary/aromatic N) is 3. The second kappa shape index (κ2) is 9.40. The lowest BCUT2D eigenvalue weighted by Crippen LogP contribution is -2.47. The Bertz CT molecular complexity index is 1450. The summed E-state index contributed by atoms with van der Waals surface area (Å²) in [7, 11) is 0. The van der Waals surface area contributed by atoms with Gasteiger partial charge in [0.15, 0.2) is 0 Å². The van der Waals surface area contributed by atoms with E-state index in [4.69, 9.17) is 0 Å². The van der Waals surface area contributed by atoms with Crippen LogP contribution < -0.4 is 4.90 Å². The van der Waals surface area contributed by atoms with E-state index in [1.54, 1.807) is 4.90 Å². The van der Waals surface area contributed by atoms with Crippen molar-refractivity contribution in [2.75, 3.05) is 11.4 Å². The van der Waals surface area contributed by atoms with Crippen LogP contribution in [0.5, 0.6) is 0 Å². The standard InChI is InChI=1S/C32H31N3O2/c1-3-23-12-16-25(17-13-23)32(37)34(26-18-19-26)21-30(36)35-28-8-5-4-7-27(28)33-20-6-9-29(33)31(35)24-14-10-22(2)11-15-24/h4-17,20,26,31H,3,18-19,21H2,1-2H3. The van der Waals surface area contributed by atoms with Crippen molar-refractivity contribution in [2.45, 2.75) is 45.2 Å². The molecule has 1 unspecified atom stereocenters. The monoisotopic (exact) mass is 489 g/mol. The Morgan fingerprint density at radius 3 is 2.24 bits per heavy atom. The van der Waals surface area contributed by atoms with E-state index in [2.05, 4.69) is 54.9 Å². The molecule has 0 N–H and O–H groups in total. The SMILES string of the molecule is CCc1ccc(C(=O)N(CC(=O)N2c3ccccc3-n3cccc3C2c2ccc(C)cc2)C2CC2)cc1. The van der Waals surface area contributed by atoms with Crippen LogP contribution in [0.15, 0.2) is 91.1 Å². The number of benzene rings is 3. The maximum absolute atomic E-state index is 14.2. The van der Waals surface area contributed by atoms with E-state index in [1.807, 2.05) is 59.5 Å². The number of aromatic nitrogens is 1. The van der Waals surface area contributed by atoms with E-state index in [1.165, 1.54) is 11.1 Å². The van der Waals surface area contributed by atoms with Crippen LogP contribution in [0.1, 0.15) is 58.5 Å². The molecule has 2 amide bonds. The lowest BCUT2D eigenvalue weighted by atomic mass is 9.97. The lowest BCUT2D eigenvalue weighted by Gasteiger charge is -2.39. The molecule has 1 aliphatic heterocycles. The minimum absolute atomic E-state index is 0.0520. The van der Waals surface area contributed by atoms with Gasteiger partial charge in [0.25, 0.3) is 5.91 Å². The van der Waals surface area contributed by atoms with Crippen LogP contribution in [-0.2, 0) is 11.2 Å². The molecular weight excluding hydrogens is 458 g/mol. The maximum atomic E-state index is 14.2. The summed E-state index contributed by atoms with van der Waals surface area (Å²) in [4.78, 5) is 31.5. The van der Waals surface area contributed by atoms with Crippen molar-refractivity contribution in [3.05, 3.63) is 119 Å². The zero-order chi connectivity index (χ0) is 25.5. The molecule has 0 radical (unpaired) electrons. The van der Waals surface area contributed by atoms with E-state index >= 15 is 0 Å². The fourth-order valence-electron chi connectivity index (χ4n) is 5.35. The Morgan fingerprint density at radius 2 is 1.57 bits per heavy atom. The molecule has 5 nitrogen and oxygen atoms in total. The second-order valence-corrected chi connectivity index (χ2v) is 10.1. The minimum atomic E-state index is -0.280. The molecule has 1 fully saturated rings. The molecule has 1 aliphatic carbocycles. The molecule has 3 aromatic carbocycles. The molecule has 6 rings (SSSR count). The van der Waals surface area contributed by atoms with Crippen LogP contribution >= 0.6 is 0 Å². The van der Waals surface area contributed by atoms with Crippen molar-refractivity contribution in [1.29, 1.82) is 0 Å². The molecule has 4 aromatic rings. The molecule has 186 valence electrons. The van der Waals surface area contributed by atoms with Crippen molar-refractivity contribution >= 4 is 17.5 Å². The summed E-state index contributed by atoms with van der Waals surface area (Å²) in [5, 5.41) is 0. The summed E-state index contributed by atoms with van der Waals surface area (Å²) >= 11 is 0. The smallest absolute Gasteiger partial charge is 0.254 e. The van der Waals surface area contributed by atoms with Gasteiger partial charge in [0, 0.05) is 17.8 Å². The van der Waals surface area contributed by atoms with Crippen LogP contribution in [-0.4, -0.2) is 33.9 Å². The van der Waals surface area contributed by atoms with Gasteiger partial charge in [-0.15, -0.1) is 0 Å². The summed E-state index contributed by atoms with van der Waals surface area (Å²) in [6.45, 7) is 4.22. The van der Waals surface area contributed by atoms with Gasteiger partial charge in [-0.3, -0.25) is 14.5 Å². The van der Waals surface area contributed by atoms with E-state index in [0.29, 0.717) is 5.56 Å². The first-order valence-electron chi connectivity index (χ1n) is 13.1. The van der Waals surface area contributed by atoms with Gasteiger partial charge in [0.1, 0.15) is 12.6 Å². The topological polar surface area (TPSA) is 45.6 Å². The number of para-hydroxylation sites is 2. The number of rotatable bonds is 6. The highest BCUT2D eigenvalue weighted by molar-refractivity contribution is 6.03. The van der Waals surface area contributed by atoms with Gasteiger partial charge < -0.3 is 9.47 Å². The van der Waals surface area contributed by atoms with Crippen LogP contribution in [0, 0.1) is 6.92 Å². The van der Waals surface area contributed by atoms with Gasteiger partial charge in [-0.25, -0.2) is 0 Å². The van der Waals surface area contributed by atoms with Crippen LogP contribution in [0.25, 0.3) is 5.69 Å². The molecule has 1 saturated carbocycles. The number of aryl methyl sites for hydroxylation is 2. The first-order chi connectivity index (χ1) is 18.0. The number of amides is 2. The third-order valence-corrected chi connectivity index (χ3v) is 7.54. The van der Waals surface area contributed by atoms with E-state index in [0.717, 1.165) is 41.9 Å². The average molecular weight is 490 g/mol. The van der Waals surface area contributed by atoms with Crippen molar-refractivity contribution in [1.82, 2.24) is 9.47 Å². The van der Waals surface area contributed by atoms with Gasteiger partial charge in [0.05, 0.1) is 17.1 Å². The first kappa shape index (κ1) is 23.3. The fraction of sp³-hybridized carbons (Fsp3) is 0.250. The number of fused-ring (bicyclic) bond motifs is 3. The van der Waals surface area contributed by atoms with Crippen LogP contribution in [0.4, 0.5) is 5.69 Å². The number of carbonyl (C=O) groups is 2. The predicted octanol–water partition coefficient (Wildman–Crippen LogP) is 6.09. The zero-order valence-electron chi connectivity index (χ0n) is 21.3. The molecule has 2 aliphatic rings. The Kier molecular flexibility index (Phi) is 5.91. The van der Waals surface area contributed by atoms with Gasteiger partial charge in [-0.05, 0) is 73.7 Å². The van der Waals surface area contributed by atoms with Gasteiger partial charge in [-0.1, -0.05) is 61.0 Å². The molecule has 37 heavy (non-hydrogen) atoms. The molecule has 1 atom stereocenters. The normalized spacial score (nSPS) is 16.2. The number of hydrogen-bond acceptors (Lipinski definition) is 2. The maximum Gasteiger partial charge on any atom is 0.254 e. The Hall–Kier alpha value is -4.12. The predicted molar refractivity (Wildman–Crippen MR) is 146 cm³/mol. The Morgan fingerprint density at radius 1 is 0.865 bits per heavy atom. The van der Waals surface area contributed by atoms with Crippen molar-refractivity contribution in [2.24, 2.45) is 0 Å². The highest BCUT2D eigenvalue weighted by atomic mass is 16.2. The number of carbonyl (C=O) groups excluding carboxylic acids is 2. The van der Waals surface area contributed by atoms with E-state index < -0.39 is 0 Å². The average Bonchev–Trinajstić information content (AvgIpc) is 3.66. The van der Waals surface area contributed by atoms with Crippen molar-refractivity contribution in [3.8, 4) is 5.69 Å². The van der Waals surface area contributed by atoms with E-state index in [-0.39, 0.29) is 30.4 Å². The first-order valence-corrected chi connectivity index (χ1v) is 13.1. The summed E-state index contributed by atoms with van der Waals surface area (Å²) in [5.74, 6) is -0.144. The molecule has 2 heterocycles. The third-order valence-electron chi connectivity index (χ3n) is 7.54. The Balaban J connectivity index is 1.38. The summed E-state index contributed by atoms with van der Waals surface area (Å²) in [6.07, 6.45) is 4.85. The zero-order valence-corrected chi connectivity index (χ0v) is 21.3. The van der Waals surface area contributed by atoms with Gasteiger partial charge in [-0.2, -0.15) is 0 Å². The molecule has 5 heteroatoms. The van der Waals surface area contributed by atoms with Crippen LogP contribution in [0.2, 0.25) is 0 Å². The van der Waals surface area contributed by atoms with Crippen molar-refractivity contribution in [3.63, 3.8) is 0 Å². The van der Waals surface area contributed by atoms with Crippen LogP contribution in [0.3, 0.4) is 0 Å². The summed E-state index contributed by atoms with van der Waals surface area (Å²) in [5.41, 5.74) is 6.92. The highest BCUT2D eigenvalue weighted by Gasteiger charge is 2.40. The molecule has 0 bridgehead atoms. The van der Waals surface area contributed by atoms with Gasteiger partial charge >= 0.3 is 0 Å².